The number of likely N-dealkylation sites (N-methyl/N-ethyl adjacent to an activating group) is 1. The topological polar surface area (TPSA) is 50.8 Å². The number of alkyl halides is 2. The lowest BCUT2D eigenvalue weighted by Crippen LogP contribution is -2.27. The van der Waals surface area contributed by atoms with Crippen molar-refractivity contribution in [2.24, 2.45) is 0 Å². The van der Waals surface area contributed by atoms with Gasteiger partial charge in [0.1, 0.15) is 11.5 Å². The highest BCUT2D eigenvalue weighted by Gasteiger charge is 2.13. The van der Waals surface area contributed by atoms with E-state index in [0.717, 1.165) is 16.3 Å². The van der Waals surface area contributed by atoms with Crippen LogP contribution in [0.4, 0.5) is 8.78 Å². The number of rotatable bonds is 9. The lowest BCUT2D eigenvalue weighted by Gasteiger charge is -2.15. The number of nitrogens with one attached hydrogen (secondary N) is 1. The van der Waals surface area contributed by atoms with E-state index < -0.39 is 6.61 Å². The normalized spacial score (nSPS) is 11.0. The fraction of sp³-hybridized carbons (Fsp3) is 0.261. The van der Waals surface area contributed by atoms with Gasteiger partial charge in [-0.05, 0) is 34.5 Å². The second-order valence-electron chi connectivity index (χ2n) is 6.97. The molecule has 1 N–H and O–H groups in total. The molecule has 0 saturated carbocycles. The van der Waals surface area contributed by atoms with Crippen LogP contribution in [-0.2, 0) is 17.9 Å². The second kappa shape index (κ2) is 10.0. The van der Waals surface area contributed by atoms with E-state index in [0.29, 0.717) is 24.4 Å². The highest BCUT2D eigenvalue weighted by Crippen LogP contribution is 2.29. The third-order valence-corrected chi connectivity index (χ3v) is 4.60. The van der Waals surface area contributed by atoms with Crippen molar-refractivity contribution < 1.29 is 23.0 Å². The van der Waals surface area contributed by atoms with E-state index in [1.807, 2.05) is 42.5 Å². The monoisotopic (exact) mass is 414 g/mol. The van der Waals surface area contributed by atoms with Crippen molar-refractivity contribution >= 4 is 16.7 Å². The number of carbonyl (C=O) groups is 1. The number of fused-ring (bicyclic) bond motifs is 1. The van der Waals surface area contributed by atoms with E-state index in [-0.39, 0.29) is 18.3 Å². The number of carbonyl (C=O) groups excluding carboxylic acids is 1. The zero-order valence-electron chi connectivity index (χ0n) is 16.9. The maximum atomic E-state index is 12.8. The van der Waals surface area contributed by atoms with Crippen LogP contribution in [0.3, 0.4) is 0 Å². The molecule has 0 unspecified atom stereocenters. The second-order valence-corrected chi connectivity index (χ2v) is 6.97. The van der Waals surface area contributed by atoms with E-state index in [1.165, 1.54) is 4.90 Å². The van der Waals surface area contributed by atoms with Crippen molar-refractivity contribution in [1.29, 1.82) is 0 Å². The third kappa shape index (κ3) is 5.67. The van der Waals surface area contributed by atoms with Crippen LogP contribution < -0.4 is 14.8 Å². The van der Waals surface area contributed by atoms with Gasteiger partial charge in [0.05, 0.1) is 0 Å². The summed E-state index contributed by atoms with van der Waals surface area (Å²) in [6.45, 7) is -2.07. The molecule has 0 saturated heterocycles. The van der Waals surface area contributed by atoms with Gasteiger partial charge in [-0.15, -0.1) is 0 Å². The van der Waals surface area contributed by atoms with Crippen molar-refractivity contribution in [2.45, 2.75) is 19.7 Å². The Morgan fingerprint density at radius 1 is 1.03 bits per heavy atom. The highest BCUT2D eigenvalue weighted by atomic mass is 19.3. The Morgan fingerprint density at radius 3 is 2.60 bits per heavy atom. The molecule has 0 bridgehead atoms. The van der Waals surface area contributed by atoms with E-state index in [4.69, 9.17) is 9.47 Å². The Kier molecular flexibility index (Phi) is 7.19. The molecule has 30 heavy (non-hydrogen) atoms. The van der Waals surface area contributed by atoms with E-state index >= 15 is 0 Å². The molecule has 3 aromatic rings. The van der Waals surface area contributed by atoms with Gasteiger partial charge in [0, 0.05) is 32.7 Å². The Hall–Kier alpha value is -3.19. The number of ether oxygens (including phenoxy) is 2. The molecule has 0 radical (unpaired) electrons. The van der Waals surface area contributed by atoms with Crippen molar-refractivity contribution in [3.8, 4) is 11.5 Å². The van der Waals surface area contributed by atoms with Gasteiger partial charge < -0.3 is 19.7 Å². The summed E-state index contributed by atoms with van der Waals surface area (Å²) in [6.07, 6.45) is 0. The summed E-state index contributed by atoms with van der Waals surface area (Å²) in [7, 11) is 3.34. The quantitative estimate of drug-likeness (QED) is 0.570. The minimum atomic E-state index is -2.89. The molecule has 3 rings (SSSR count). The molecule has 1 amide bonds. The number of nitrogens with zero attached hydrogens (tertiary/aromatic N) is 1. The predicted octanol–water partition coefficient (Wildman–Crippen LogP) is 4.20. The van der Waals surface area contributed by atoms with Gasteiger partial charge in [0.2, 0.25) is 0 Å². The lowest BCUT2D eigenvalue weighted by atomic mass is 10.0. The summed E-state index contributed by atoms with van der Waals surface area (Å²) < 4.78 is 35.9. The van der Waals surface area contributed by atoms with E-state index in [2.05, 4.69) is 5.32 Å². The largest absolute Gasteiger partial charge is 0.484 e. The number of amides is 1. The molecule has 0 aliphatic rings. The van der Waals surface area contributed by atoms with Crippen LogP contribution in [0.15, 0.2) is 60.7 Å². The molecule has 3 aromatic carbocycles. The fourth-order valence-corrected chi connectivity index (χ4v) is 3.06. The summed E-state index contributed by atoms with van der Waals surface area (Å²) in [5, 5.41) is 5.10. The molecule has 0 aliphatic carbocycles. The van der Waals surface area contributed by atoms with Gasteiger partial charge in [-0.2, -0.15) is 8.78 Å². The van der Waals surface area contributed by atoms with Crippen molar-refractivity contribution in [2.75, 3.05) is 20.7 Å². The summed E-state index contributed by atoms with van der Waals surface area (Å²) >= 11 is 0. The number of hydrogen-bond donors (Lipinski definition) is 1. The van der Waals surface area contributed by atoms with E-state index in [9.17, 15) is 13.6 Å². The van der Waals surface area contributed by atoms with Gasteiger partial charge in [-0.3, -0.25) is 4.79 Å². The fourth-order valence-electron chi connectivity index (χ4n) is 3.06. The van der Waals surface area contributed by atoms with Crippen molar-refractivity contribution in [3.63, 3.8) is 0 Å². The first-order valence-electron chi connectivity index (χ1n) is 9.52. The first-order valence-corrected chi connectivity index (χ1v) is 9.52. The van der Waals surface area contributed by atoms with Crippen LogP contribution in [0.25, 0.3) is 10.8 Å². The molecular weight excluding hydrogens is 390 g/mol. The Balaban J connectivity index is 1.68. The average Bonchev–Trinajstić information content (AvgIpc) is 2.73. The number of benzene rings is 3. The zero-order chi connectivity index (χ0) is 21.5. The minimum Gasteiger partial charge on any atom is -0.484 e. The third-order valence-electron chi connectivity index (χ3n) is 4.60. The molecule has 0 atom stereocenters. The predicted molar refractivity (Wildman–Crippen MR) is 112 cm³/mol. The van der Waals surface area contributed by atoms with Crippen LogP contribution in [0, 0.1) is 0 Å². The van der Waals surface area contributed by atoms with Gasteiger partial charge in [-0.25, -0.2) is 0 Å². The molecule has 7 heteroatoms. The summed E-state index contributed by atoms with van der Waals surface area (Å²) in [4.78, 5) is 13.1. The first-order chi connectivity index (χ1) is 14.4. The van der Waals surface area contributed by atoms with Crippen LogP contribution in [0.5, 0.6) is 11.5 Å². The SMILES string of the molecule is CN(C)C(=O)COc1cccc(CNCc2c(OC(F)F)ccc3ccccc23)c1. The molecule has 0 aromatic heterocycles. The van der Waals surface area contributed by atoms with Gasteiger partial charge in [0.15, 0.2) is 6.61 Å². The molecule has 158 valence electrons. The lowest BCUT2D eigenvalue weighted by molar-refractivity contribution is -0.130. The maximum absolute atomic E-state index is 12.8. The van der Waals surface area contributed by atoms with Gasteiger partial charge in [0.25, 0.3) is 5.91 Å². The summed E-state index contributed by atoms with van der Waals surface area (Å²) in [6, 6.07) is 18.3. The van der Waals surface area contributed by atoms with Gasteiger partial charge >= 0.3 is 6.61 Å². The molecule has 0 aliphatic heterocycles. The Morgan fingerprint density at radius 2 is 1.83 bits per heavy atom. The van der Waals surface area contributed by atoms with Crippen LogP contribution >= 0.6 is 0 Å². The van der Waals surface area contributed by atoms with Crippen molar-refractivity contribution in [1.82, 2.24) is 10.2 Å². The van der Waals surface area contributed by atoms with Crippen LogP contribution in [0.2, 0.25) is 0 Å². The van der Waals surface area contributed by atoms with Crippen LogP contribution in [-0.4, -0.2) is 38.1 Å². The number of halogens is 2. The van der Waals surface area contributed by atoms with Gasteiger partial charge in [-0.1, -0.05) is 42.5 Å². The average molecular weight is 414 g/mol. The zero-order valence-corrected chi connectivity index (χ0v) is 16.9. The molecule has 0 spiro atoms. The number of hydrogen-bond acceptors (Lipinski definition) is 4. The maximum Gasteiger partial charge on any atom is 0.387 e. The van der Waals surface area contributed by atoms with Crippen LogP contribution in [0.1, 0.15) is 11.1 Å². The van der Waals surface area contributed by atoms with E-state index in [1.54, 1.807) is 32.3 Å². The van der Waals surface area contributed by atoms with Crippen molar-refractivity contribution in [3.05, 3.63) is 71.8 Å². The summed E-state index contributed by atoms with van der Waals surface area (Å²) in [5.74, 6) is 0.632. The Labute approximate surface area is 174 Å². The minimum absolute atomic E-state index is 0.0335. The highest BCUT2D eigenvalue weighted by molar-refractivity contribution is 5.87. The smallest absolute Gasteiger partial charge is 0.387 e. The first kappa shape index (κ1) is 21.5. The molecular formula is C23H24F2N2O3. The molecule has 5 nitrogen and oxygen atoms in total. The standard InChI is InChI=1S/C23H24F2N2O3/c1-27(2)22(28)15-29-18-8-5-6-16(12-18)13-26-14-20-19-9-4-3-7-17(19)10-11-21(20)30-23(24)25/h3-12,23,26H,13-15H2,1-2H3. The molecule has 0 heterocycles. The Bertz CT molecular complexity index is 1010. The summed E-state index contributed by atoms with van der Waals surface area (Å²) in [5.41, 5.74) is 1.62. The molecule has 0 fully saturated rings.